The van der Waals surface area contributed by atoms with Crippen molar-refractivity contribution in [2.75, 3.05) is 20.8 Å². The van der Waals surface area contributed by atoms with Crippen molar-refractivity contribution in [3.63, 3.8) is 0 Å². The molecule has 0 radical (unpaired) electrons. The van der Waals surface area contributed by atoms with Crippen molar-refractivity contribution in [3.05, 3.63) is 84.2 Å². The van der Waals surface area contributed by atoms with E-state index >= 15 is 0 Å². The molecule has 1 atom stereocenters. The molecule has 34 heavy (non-hydrogen) atoms. The van der Waals surface area contributed by atoms with Gasteiger partial charge in [-0.25, -0.2) is 4.98 Å². The summed E-state index contributed by atoms with van der Waals surface area (Å²) < 4.78 is 18.5. The molecular formula is C27H29N3O4. The van der Waals surface area contributed by atoms with Gasteiger partial charge in [-0.15, -0.1) is 0 Å². The Bertz CT molecular complexity index is 1250. The predicted octanol–water partition coefficient (Wildman–Crippen LogP) is 5.01. The van der Waals surface area contributed by atoms with E-state index in [4.69, 9.17) is 19.2 Å². The minimum Gasteiger partial charge on any atom is -0.497 e. The van der Waals surface area contributed by atoms with Gasteiger partial charge in [0, 0.05) is 18.2 Å². The summed E-state index contributed by atoms with van der Waals surface area (Å²) in [5, 5.41) is 3.07. The van der Waals surface area contributed by atoms with Crippen molar-refractivity contribution in [1.29, 1.82) is 0 Å². The van der Waals surface area contributed by atoms with E-state index in [-0.39, 0.29) is 11.9 Å². The highest BCUT2D eigenvalue weighted by atomic mass is 16.5. The molecule has 7 nitrogen and oxygen atoms in total. The van der Waals surface area contributed by atoms with E-state index in [2.05, 4.69) is 9.88 Å². The van der Waals surface area contributed by atoms with Crippen LogP contribution in [0.15, 0.2) is 72.8 Å². The van der Waals surface area contributed by atoms with Gasteiger partial charge in [0.25, 0.3) is 5.91 Å². The van der Waals surface area contributed by atoms with E-state index < -0.39 is 0 Å². The van der Waals surface area contributed by atoms with Crippen LogP contribution >= 0.6 is 0 Å². The van der Waals surface area contributed by atoms with Crippen molar-refractivity contribution in [2.45, 2.75) is 25.9 Å². The lowest BCUT2D eigenvalue weighted by molar-refractivity contribution is 0.0937. The summed E-state index contributed by atoms with van der Waals surface area (Å²) in [6, 6.07) is 22.4. The van der Waals surface area contributed by atoms with Gasteiger partial charge in [-0.1, -0.05) is 18.2 Å². The van der Waals surface area contributed by atoms with Crippen LogP contribution in [0.1, 0.15) is 35.6 Å². The van der Waals surface area contributed by atoms with Gasteiger partial charge in [-0.3, -0.25) is 4.79 Å². The van der Waals surface area contributed by atoms with Crippen LogP contribution in [0.5, 0.6) is 17.2 Å². The SMILES string of the molecule is COc1ccc(C(=O)NC(C)c2nc3ccccc3n2CCCOc2cccc(OC)c2)cc1. The Morgan fingerprint density at radius 1 is 0.941 bits per heavy atom. The van der Waals surface area contributed by atoms with Gasteiger partial charge >= 0.3 is 0 Å². The Labute approximate surface area is 199 Å². The summed E-state index contributed by atoms with van der Waals surface area (Å²) in [4.78, 5) is 17.6. The van der Waals surface area contributed by atoms with Crippen molar-refractivity contribution < 1.29 is 19.0 Å². The molecule has 1 N–H and O–H groups in total. The summed E-state index contributed by atoms with van der Waals surface area (Å²) in [5.41, 5.74) is 2.50. The van der Waals surface area contributed by atoms with Crippen molar-refractivity contribution in [2.24, 2.45) is 0 Å². The Morgan fingerprint density at radius 2 is 1.68 bits per heavy atom. The summed E-state index contributed by atoms with van der Waals surface area (Å²) in [6.07, 6.45) is 0.781. The van der Waals surface area contributed by atoms with Gasteiger partial charge < -0.3 is 24.1 Å². The third-order valence-electron chi connectivity index (χ3n) is 5.61. The molecule has 1 heterocycles. The Kier molecular flexibility index (Phi) is 7.32. The molecule has 0 aliphatic carbocycles. The molecule has 1 aromatic heterocycles. The number of hydrogen-bond donors (Lipinski definition) is 1. The zero-order chi connectivity index (χ0) is 23.9. The zero-order valence-electron chi connectivity index (χ0n) is 19.7. The topological polar surface area (TPSA) is 74.6 Å². The number of rotatable bonds is 10. The van der Waals surface area contributed by atoms with Gasteiger partial charge in [0.15, 0.2) is 0 Å². The molecule has 3 aromatic carbocycles. The number of aromatic nitrogens is 2. The summed E-state index contributed by atoms with van der Waals surface area (Å²) >= 11 is 0. The second-order valence-corrected chi connectivity index (χ2v) is 7.92. The average molecular weight is 460 g/mol. The quantitative estimate of drug-likeness (QED) is 0.337. The highest BCUT2D eigenvalue weighted by molar-refractivity contribution is 5.94. The minimum absolute atomic E-state index is 0.157. The van der Waals surface area contributed by atoms with Crippen LogP contribution in [0.2, 0.25) is 0 Å². The molecular weight excluding hydrogens is 430 g/mol. The second-order valence-electron chi connectivity index (χ2n) is 7.92. The number of carbonyl (C=O) groups is 1. The fraction of sp³-hybridized carbons (Fsp3) is 0.259. The van der Waals surface area contributed by atoms with Gasteiger partial charge in [0.1, 0.15) is 23.1 Å². The van der Waals surface area contributed by atoms with E-state index in [1.54, 1.807) is 38.5 Å². The average Bonchev–Trinajstić information content (AvgIpc) is 3.25. The van der Waals surface area contributed by atoms with Crippen LogP contribution in [0.4, 0.5) is 0 Å². The smallest absolute Gasteiger partial charge is 0.251 e. The normalized spacial score (nSPS) is 11.7. The van der Waals surface area contributed by atoms with Crippen molar-refractivity contribution >= 4 is 16.9 Å². The van der Waals surface area contributed by atoms with Crippen LogP contribution in [0.3, 0.4) is 0 Å². The fourth-order valence-electron chi connectivity index (χ4n) is 3.85. The lowest BCUT2D eigenvalue weighted by Crippen LogP contribution is -2.28. The first kappa shape index (κ1) is 23.2. The number of ether oxygens (including phenoxy) is 3. The van der Waals surface area contributed by atoms with Crippen LogP contribution < -0.4 is 19.5 Å². The highest BCUT2D eigenvalue weighted by Crippen LogP contribution is 2.23. The Hall–Kier alpha value is -4.00. The molecule has 0 bridgehead atoms. The number of methoxy groups -OCH3 is 2. The molecule has 176 valence electrons. The maximum Gasteiger partial charge on any atom is 0.251 e. The molecule has 0 spiro atoms. The van der Waals surface area contributed by atoms with Gasteiger partial charge in [0.05, 0.1) is 37.9 Å². The number of aryl methyl sites for hydroxylation is 1. The van der Waals surface area contributed by atoms with Gasteiger partial charge in [-0.05, 0) is 61.9 Å². The number of amides is 1. The number of hydrogen-bond acceptors (Lipinski definition) is 5. The van der Waals surface area contributed by atoms with E-state index in [1.165, 1.54) is 0 Å². The second kappa shape index (κ2) is 10.7. The molecule has 0 fully saturated rings. The minimum atomic E-state index is -0.277. The highest BCUT2D eigenvalue weighted by Gasteiger charge is 2.19. The van der Waals surface area contributed by atoms with E-state index in [1.807, 2.05) is 55.5 Å². The summed E-state index contributed by atoms with van der Waals surface area (Å²) in [6.45, 7) is 3.21. The van der Waals surface area contributed by atoms with Crippen LogP contribution in [-0.2, 0) is 6.54 Å². The number of benzene rings is 3. The standard InChI is InChI=1S/C27H29N3O4/c1-19(28-27(31)20-12-14-21(32-2)15-13-20)26-29-24-10-4-5-11-25(24)30(26)16-7-17-34-23-9-6-8-22(18-23)33-3/h4-6,8-15,18-19H,7,16-17H2,1-3H3,(H,28,31). The Morgan fingerprint density at radius 3 is 2.44 bits per heavy atom. The molecule has 1 amide bonds. The molecule has 0 saturated heterocycles. The van der Waals surface area contributed by atoms with Crippen molar-refractivity contribution in [3.8, 4) is 17.2 Å². The predicted molar refractivity (Wildman–Crippen MR) is 132 cm³/mol. The van der Waals surface area contributed by atoms with Gasteiger partial charge in [-0.2, -0.15) is 0 Å². The van der Waals surface area contributed by atoms with Crippen LogP contribution in [0.25, 0.3) is 11.0 Å². The number of para-hydroxylation sites is 2. The van der Waals surface area contributed by atoms with Crippen LogP contribution in [0, 0.1) is 0 Å². The first-order chi connectivity index (χ1) is 16.6. The zero-order valence-corrected chi connectivity index (χ0v) is 19.7. The number of fused-ring (bicyclic) bond motifs is 1. The summed E-state index contributed by atoms with van der Waals surface area (Å²) in [5.74, 6) is 2.90. The maximum absolute atomic E-state index is 12.8. The lowest BCUT2D eigenvalue weighted by atomic mass is 10.2. The first-order valence-corrected chi connectivity index (χ1v) is 11.3. The summed E-state index contributed by atoms with van der Waals surface area (Å²) in [7, 11) is 3.24. The number of imidazole rings is 1. The molecule has 0 aliphatic heterocycles. The van der Waals surface area contributed by atoms with E-state index in [0.29, 0.717) is 24.5 Å². The van der Waals surface area contributed by atoms with Crippen LogP contribution in [-0.4, -0.2) is 36.3 Å². The first-order valence-electron chi connectivity index (χ1n) is 11.3. The molecule has 1 unspecified atom stereocenters. The number of carbonyl (C=O) groups excluding carboxylic acids is 1. The molecule has 4 aromatic rings. The van der Waals surface area contributed by atoms with E-state index in [9.17, 15) is 4.79 Å². The molecule has 7 heteroatoms. The monoisotopic (exact) mass is 459 g/mol. The lowest BCUT2D eigenvalue weighted by Gasteiger charge is -2.17. The van der Waals surface area contributed by atoms with E-state index in [0.717, 1.165) is 34.8 Å². The van der Waals surface area contributed by atoms with Crippen molar-refractivity contribution in [1.82, 2.24) is 14.9 Å². The third kappa shape index (κ3) is 5.31. The fourth-order valence-corrected chi connectivity index (χ4v) is 3.85. The molecule has 4 rings (SSSR count). The van der Waals surface area contributed by atoms with Gasteiger partial charge in [0.2, 0.25) is 0 Å². The number of nitrogens with zero attached hydrogens (tertiary/aromatic N) is 2. The molecule has 0 saturated carbocycles. The Balaban J connectivity index is 1.46. The maximum atomic E-state index is 12.8. The molecule has 0 aliphatic rings. The third-order valence-corrected chi connectivity index (χ3v) is 5.61. The number of nitrogens with one attached hydrogen (secondary N) is 1. The largest absolute Gasteiger partial charge is 0.497 e.